The van der Waals surface area contributed by atoms with Gasteiger partial charge in [-0.15, -0.1) is 0 Å². The van der Waals surface area contributed by atoms with Crippen LogP contribution in [-0.4, -0.2) is 10.8 Å². The Labute approximate surface area is 107 Å². The van der Waals surface area contributed by atoms with Gasteiger partial charge in [0.1, 0.15) is 0 Å². The van der Waals surface area contributed by atoms with Crippen LogP contribution in [0.2, 0.25) is 0 Å². The number of nitrogens with zero attached hydrogens (tertiary/aromatic N) is 1. The van der Waals surface area contributed by atoms with E-state index in [0.29, 0.717) is 0 Å². The molecule has 0 fully saturated rings. The molecule has 0 spiro atoms. The molecule has 0 saturated carbocycles. The molecule has 1 aliphatic rings. The molecular weight excluding hydrogens is 222 g/mol. The van der Waals surface area contributed by atoms with Crippen LogP contribution in [0.15, 0.2) is 12.1 Å². The lowest BCUT2D eigenvalue weighted by atomic mass is 9.94. The molecule has 1 aromatic heterocycles. The number of hydrogen-bond donors (Lipinski definition) is 0. The van der Waals surface area contributed by atoms with Crippen LogP contribution in [0.3, 0.4) is 0 Å². The van der Waals surface area contributed by atoms with Gasteiger partial charge in [0.05, 0.1) is 5.52 Å². The van der Waals surface area contributed by atoms with Crippen molar-refractivity contribution in [3.8, 4) is 0 Å². The van der Waals surface area contributed by atoms with Gasteiger partial charge < -0.3 is 0 Å². The number of Topliss-reactive ketones (excluding diaryl/α,β-unsaturated/α-hetero) is 1. The fraction of sp³-hybridized carbons (Fsp3) is 0.375. The van der Waals surface area contributed by atoms with E-state index in [1.54, 1.807) is 6.92 Å². The number of benzene rings is 1. The minimum atomic E-state index is 0.174. The van der Waals surface area contributed by atoms with Crippen LogP contribution >= 0.6 is 0 Å². The molecule has 0 unspecified atom stereocenters. The third kappa shape index (κ3) is 1.56. The average Bonchev–Trinajstić information content (AvgIpc) is 2.72. The molecule has 0 amide bonds. The second kappa shape index (κ2) is 3.91. The topological polar surface area (TPSA) is 30.0 Å². The fourth-order valence-corrected chi connectivity index (χ4v) is 3.16. The zero-order valence-electron chi connectivity index (χ0n) is 11.1. The quantitative estimate of drug-likeness (QED) is 0.712. The molecule has 0 N–H and O–H groups in total. The molecule has 0 aliphatic heterocycles. The molecule has 1 aliphatic carbocycles. The van der Waals surface area contributed by atoms with E-state index in [1.165, 1.54) is 11.1 Å². The van der Waals surface area contributed by atoms with Crippen molar-refractivity contribution in [1.82, 2.24) is 4.98 Å². The molecular formula is C16H17NO. The Kier molecular flexibility index (Phi) is 2.47. The highest BCUT2D eigenvalue weighted by Crippen LogP contribution is 2.32. The maximum absolute atomic E-state index is 12.0. The molecule has 18 heavy (non-hydrogen) atoms. The Morgan fingerprint density at radius 2 is 2.00 bits per heavy atom. The van der Waals surface area contributed by atoms with Gasteiger partial charge in [-0.25, -0.2) is 0 Å². The Bertz CT molecular complexity index is 671. The minimum Gasteiger partial charge on any atom is -0.294 e. The third-order valence-electron chi connectivity index (χ3n) is 3.81. The highest BCUT2D eigenvalue weighted by molar-refractivity contribution is 6.09. The normalized spacial score (nSPS) is 13.9. The first-order valence-electron chi connectivity index (χ1n) is 6.51. The summed E-state index contributed by atoms with van der Waals surface area (Å²) in [6.07, 6.45) is 3.13. The van der Waals surface area contributed by atoms with Crippen LogP contribution in [0.1, 0.15) is 46.1 Å². The number of fused-ring (bicyclic) bond motifs is 2. The van der Waals surface area contributed by atoms with Gasteiger partial charge in [0.15, 0.2) is 5.78 Å². The maximum Gasteiger partial charge on any atom is 0.160 e. The summed E-state index contributed by atoms with van der Waals surface area (Å²) in [5.41, 5.74) is 6.61. The predicted molar refractivity (Wildman–Crippen MR) is 73.2 cm³/mol. The Morgan fingerprint density at radius 3 is 2.72 bits per heavy atom. The first-order chi connectivity index (χ1) is 8.58. The van der Waals surface area contributed by atoms with E-state index in [2.05, 4.69) is 26.0 Å². The van der Waals surface area contributed by atoms with Gasteiger partial charge in [0.2, 0.25) is 0 Å². The predicted octanol–water partition coefficient (Wildman–Crippen LogP) is 3.54. The summed E-state index contributed by atoms with van der Waals surface area (Å²) in [6, 6.07) is 4.23. The molecule has 1 heterocycles. The summed E-state index contributed by atoms with van der Waals surface area (Å²) < 4.78 is 0. The van der Waals surface area contributed by atoms with Crippen LogP contribution in [0, 0.1) is 13.8 Å². The van der Waals surface area contributed by atoms with Gasteiger partial charge in [0.25, 0.3) is 0 Å². The molecule has 2 aromatic rings. The van der Waals surface area contributed by atoms with E-state index in [-0.39, 0.29) is 5.78 Å². The van der Waals surface area contributed by atoms with E-state index < -0.39 is 0 Å². The van der Waals surface area contributed by atoms with Crippen LogP contribution in [0.4, 0.5) is 0 Å². The minimum absolute atomic E-state index is 0.174. The lowest BCUT2D eigenvalue weighted by molar-refractivity contribution is 0.101. The number of carbonyl (C=O) groups is 1. The second-order valence-electron chi connectivity index (χ2n) is 5.30. The van der Waals surface area contributed by atoms with Crippen molar-refractivity contribution < 1.29 is 4.79 Å². The van der Waals surface area contributed by atoms with Crippen molar-refractivity contribution in [3.63, 3.8) is 0 Å². The van der Waals surface area contributed by atoms with Gasteiger partial charge in [-0.3, -0.25) is 9.78 Å². The number of rotatable bonds is 1. The first-order valence-corrected chi connectivity index (χ1v) is 6.51. The Balaban J connectivity index is 2.50. The van der Waals surface area contributed by atoms with E-state index in [0.717, 1.165) is 47.0 Å². The number of pyridine rings is 1. The standard InChI is InChI=1S/C16H17NO/c1-9-7-10(2)15-14(8-9)17-13-6-4-5-12(13)16(15)11(3)18/h7-8H,4-6H2,1-3H3. The Hall–Kier alpha value is -1.70. The average molecular weight is 239 g/mol. The Morgan fingerprint density at radius 1 is 1.22 bits per heavy atom. The smallest absolute Gasteiger partial charge is 0.160 e. The number of aromatic nitrogens is 1. The fourth-order valence-electron chi connectivity index (χ4n) is 3.16. The van der Waals surface area contributed by atoms with Crippen molar-refractivity contribution in [1.29, 1.82) is 0 Å². The molecule has 92 valence electrons. The summed E-state index contributed by atoms with van der Waals surface area (Å²) in [4.78, 5) is 16.8. The largest absolute Gasteiger partial charge is 0.294 e. The van der Waals surface area contributed by atoms with Gasteiger partial charge >= 0.3 is 0 Å². The highest BCUT2D eigenvalue weighted by atomic mass is 16.1. The van der Waals surface area contributed by atoms with E-state index in [1.807, 2.05) is 0 Å². The number of ketones is 1. The van der Waals surface area contributed by atoms with E-state index >= 15 is 0 Å². The van der Waals surface area contributed by atoms with Gasteiger partial charge in [0, 0.05) is 16.6 Å². The van der Waals surface area contributed by atoms with Gasteiger partial charge in [-0.1, -0.05) is 6.07 Å². The summed E-state index contributed by atoms with van der Waals surface area (Å²) in [5, 5.41) is 1.06. The molecule has 2 nitrogen and oxygen atoms in total. The van der Waals surface area contributed by atoms with Crippen molar-refractivity contribution in [2.24, 2.45) is 0 Å². The zero-order valence-corrected chi connectivity index (χ0v) is 11.1. The molecule has 2 heteroatoms. The number of hydrogen-bond acceptors (Lipinski definition) is 2. The molecule has 0 atom stereocenters. The van der Waals surface area contributed by atoms with Crippen LogP contribution in [0.5, 0.6) is 0 Å². The summed E-state index contributed by atoms with van der Waals surface area (Å²) in [6.45, 7) is 5.83. The van der Waals surface area contributed by atoms with Crippen molar-refractivity contribution in [3.05, 3.63) is 40.1 Å². The maximum atomic E-state index is 12.0. The van der Waals surface area contributed by atoms with E-state index in [4.69, 9.17) is 4.98 Å². The van der Waals surface area contributed by atoms with Crippen molar-refractivity contribution >= 4 is 16.7 Å². The lowest BCUT2D eigenvalue weighted by Crippen LogP contribution is -2.04. The second-order valence-corrected chi connectivity index (χ2v) is 5.30. The SMILES string of the molecule is CC(=O)c1c2c(nc3cc(C)cc(C)c13)CCC2. The summed E-state index contributed by atoms with van der Waals surface area (Å²) in [7, 11) is 0. The third-order valence-corrected chi connectivity index (χ3v) is 3.81. The van der Waals surface area contributed by atoms with Crippen LogP contribution < -0.4 is 0 Å². The monoisotopic (exact) mass is 239 g/mol. The van der Waals surface area contributed by atoms with E-state index in [9.17, 15) is 4.79 Å². The highest BCUT2D eigenvalue weighted by Gasteiger charge is 2.22. The van der Waals surface area contributed by atoms with Crippen molar-refractivity contribution in [2.45, 2.75) is 40.0 Å². The molecule has 0 bridgehead atoms. The summed E-state index contributed by atoms with van der Waals surface area (Å²) in [5.74, 6) is 0.174. The zero-order chi connectivity index (χ0) is 12.9. The van der Waals surface area contributed by atoms with Crippen LogP contribution in [-0.2, 0) is 12.8 Å². The lowest BCUT2D eigenvalue weighted by Gasteiger charge is -2.12. The molecule has 0 saturated heterocycles. The van der Waals surface area contributed by atoms with Crippen molar-refractivity contribution in [2.75, 3.05) is 0 Å². The first kappa shape index (κ1) is 11.4. The molecule has 3 rings (SSSR count). The van der Waals surface area contributed by atoms with Crippen LogP contribution in [0.25, 0.3) is 10.9 Å². The number of carbonyl (C=O) groups excluding carboxylic acids is 1. The molecule has 0 radical (unpaired) electrons. The summed E-state index contributed by atoms with van der Waals surface area (Å²) >= 11 is 0. The number of aryl methyl sites for hydroxylation is 3. The molecule has 1 aromatic carbocycles. The van der Waals surface area contributed by atoms with Gasteiger partial charge in [-0.2, -0.15) is 0 Å². The van der Waals surface area contributed by atoms with Gasteiger partial charge in [-0.05, 0) is 62.8 Å².